The Balaban J connectivity index is 2.05. The lowest BCUT2D eigenvalue weighted by Crippen LogP contribution is -3.12. The third-order valence-corrected chi connectivity index (χ3v) is 5.36. The van der Waals surface area contributed by atoms with Crippen LogP contribution in [-0.4, -0.2) is 45.3 Å². The highest BCUT2D eigenvalue weighted by atomic mass is 16.2. The van der Waals surface area contributed by atoms with Crippen LogP contribution in [0.2, 0.25) is 0 Å². The first kappa shape index (κ1) is 19.9. The Bertz CT molecular complexity index is 1070. The van der Waals surface area contributed by atoms with Crippen molar-refractivity contribution in [3.8, 4) is 0 Å². The number of quaternary nitrogens is 1. The number of benzene rings is 1. The summed E-state index contributed by atoms with van der Waals surface area (Å²) in [5.74, 6) is 0.608. The van der Waals surface area contributed by atoms with Gasteiger partial charge in [0.05, 0.1) is 32.7 Å². The fraction of sp³-hybridized carbons (Fsp3) is 0.450. The van der Waals surface area contributed by atoms with E-state index in [1.54, 1.807) is 7.05 Å². The molecular weight excluding hydrogens is 356 g/mol. The number of imidazole rings is 1. The molecule has 0 bridgehead atoms. The van der Waals surface area contributed by atoms with Gasteiger partial charge >= 0.3 is 5.69 Å². The van der Waals surface area contributed by atoms with Crippen molar-refractivity contribution in [1.82, 2.24) is 19.1 Å². The molecule has 2 aromatic heterocycles. The van der Waals surface area contributed by atoms with E-state index in [-0.39, 0.29) is 0 Å². The second kappa shape index (κ2) is 8.43. The van der Waals surface area contributed by atoms with E-state index >= 15 is 0 Å². The molecule has 3 N–H and O–H groups in total. The van der Waals surface area contributed by atoms with E-state index in [0.29, 0.717) is 23.7 Å². The lowest BCUT2D eigenvalue weighted by atomic mass is 10.1. The van der Waals surface area contributed by atoms with Crippen molar-refractivity contribution in [3.63, 3.8) is 0 Å². The minimum Gasteiger partial charge on any atom is -0.350 e. The first-order chi connectivity index (χ1) is 13.5. The number of nitrogens with zero attached hydrogens (tertiary/aromatic N) is 3. The Morgan fingerprint density at radius 3 is 2.57 bits per heavy atom. The molecule has 0 amide bonds. The summed E-state index contributed by atoms with van der Waals surface area (Å²) < 4.78 is 3.25. The molecule has 0 fully saturated rings. The number of anilines is 1. The van der Waals surface area contributed by atoms with E-state index in [0.717, 1.165) is 37.3 Å². The molecule has 0 aliphatic heterocycles. The van der Waals surface area contributed by atoms with Crippen LogP contribution in [0, 0.1) is 6.92 Å². The summed E-state index contributed by atoms with van der Waals surface area (Å²) in [4.78, 5) is 33.0. The van der Waals surface area contributed by atoms with Crippen molar-refractivity contribution in [1.29, 1.82) is 0 Å². The lowest BCUT2D eigenvalue weighted by molar-refractivity contribution is -0.894. The van der Waals surface area contributed by atoms with Crippen molar-refractivity contribution < 1.29 is 4.90 Å². The Kier molecular flexibility index (Phi) is 5.99. The number of H-pyrrole nitrogens is 1. The summed E-state index contributed by atoms with van der Waals surface area (Å²) in [6, 6.07) is 8.07. The molecular formula is C20H29N6O2+. The first-order valence-electron chi connectivity index (χ1n) is 9.77. The van der Waals surface area contributed by atoms with Crippen molar-refractivity contribution in [2.75, 3.05) is 31.5 Å². The smallest absolute Gasteiger partial charge is 0.329 e. The minimum atomic E-state index is -0.461. The molecule has 8 heteroatoms. The monoisotopic (exact) mass is 385 g/mol. The van der Waals surface area contributed by atoms with Crippen molar-refractivity contribution in [2.45, 2.75) is 27.3 Å². The summed E-state index contributed by atoms with van der Waals surface area (Å²) in [5.41, 5.74) is 2.17. The molecule has 8 nitrogen and oxygen atoms in total. The number of rotatable bonds is 8. The van der Waals surface area contributed by atoms with Crippen LogP contribution in [0.4, 0.5) is 5.95 Å². The summed E-state index contributed by atoms with van der Waals surface area (Å²) in [6.45, 7) is 10.7. The largest absolute Gasteiger partial charge is 0.350 e. The average Bonchev–Trinajstić information content (AvgIpc) is 3.04. The molecule has 0 saturated carbocycles. The van der Waals surface area contributed by atoms with Gasteiger partial charge in [-0.2, -0.15) is 4.98 Å². The summed E-state index contributed by atoms with van der Waals surface area (Å²) in [7, 11) is 1.62. The normalized spacial score (nSPS) is 11.5. The number of likely N-dealkylation sites (N-methyl/N-ethyl adjacent to an activating group) is 1. The van der Waals surface area contributed by atoms with E-state index in [1.807, 2.05) is 35.8 Å². The number of hydrogen-bond acceptors (Lipinski definition) is 4. The van der Waals surface area contributed by atoms with Crippen LogP contribution in [0.1, 0.15) is 25.0 Å². The predicted octanol–water partition coefficient (Wildman–Crippen LogP) is 0.117. The van der Waals surface area contributed by atoms with Crippen LogP contribution in [0.25, 0.3) is 11.2 Å². The Morgan fingerprint density at radius 1 is 1.18 bits per heavy atom. The molecule has 3 rings (SSSR count). The van der Waals surface area contributed by atoms with E-state index in [1.165, 1.54) is 9.47 Å². The molecule has 0 aliphatic rings. The summed E-state index contributed by atoms with van der Waals surface area (Å²) >= 11 is 0. The number of fused-ring (bicyclic) bond motifs is 1. The van der Waals surface area contributed by atoms with E-state index in [4.69, 9.17) is 0 Å². The number of hydrogen-bond donors (Lipinski definition) is 3. The van der Waals surface area contributed by atoms with Crippen LogP contribution in [0.5, 0.6) is 0 Å². The average molecular weight is 385 g/mol. The second-order valence-electron chi connectivity index (χ2n) is 7.07. The van der Waals surface area contributed by atoms with Gasteiger partial charge < -0.3 is 10.2 Å². The Morgan fingerprint density at radius 2 is 1.89 bits per heavy atom. The van der Waals surface area contributed by atoms with Gasteiger partial charge in [0, 0.05) is 7.05 Å². The quantitative estimate of drug-likeness (QED) is 0.514. The lowest BCUT2D eigenvalue weighted by Gasteiger charge is -2.16. The number of aromatic nitrogens is 4. The molecule has 0 radical (unpaired) electrons. The fourth-order valence-electron chi connectivity index (χ4n) is 3.44. The van der Waals surface area contributed by atoms with Crippen LogP contribution in [-0.2, 0) is 13.6 Å². The van der Waals surface area contributed by atoms with Gasteiger partial charge in [-0.05, 0) is 31.9 Å². The molecule has 0 saturated heterocycles. The van der Waals surface area contributed by atoms with Crippen LogP contribution >= 0.6 is 0 Å². The number of nitrogens with one attached hydrogen (secondary N) is 3. The van der Waals surface area contributed by atoms with Crippen molar-refractivity contribution in [3.05, 3.63) is 56.2 Å². The van der Waals surface area contributed by atoms with Gasteiger partial charge in [0.25, 0.3) is 5.56 Å². The van der Waals surface area contributed by atoms with Gasteiger partial charge in [-0.15, -0.1) is 0 Å². The standard InChI is InChI=1S/C20H28N6O2/c1-5-25(6-2)12-11-21-19-22-17-16(18(27)23-20(28)24(17)4)26(19)13-15-10-8-7-9-14(15)3/h7-10H,5-6,11-13H2,1-4H3,(H,21,22)(H,23,27,28)/p+1. The number of aromatic amines is 1. The van der Waals surface area contributed by atoms with Crippen molar-refractivity contribution >= 4 is 17.1 Å². The highest BCUT2D eigenvalue weighted by Crippen LogP contribution is 2.19. The maximum atomic E-state index is 12.6. The SMILES string of the molecule is CC[NH+](CC)CCNc1nc2c(c(=O)[nH]c(=O)n2C)n1Cc1ccccc1C. The van der Waals surface area contributed by atoms with Crippen LogP contribution in [0.15, 0.2) is 33.9 Å². The summed E-state index contributed by atoms with van der Waals surface area (Å²) in [6.07, 6.45) is 0. The zero-order valence-corrected chi connectivity index (χ0v) is 17.0. The van der Waals surface area contributed by atoms with Gasteiger partial charge in [-0.3, -0.25) is 18.9 Å². The summed E-state index contributed by atoms with van der Waals surface area (Å²) in [5, 5.41) is 3.38. The molecule has 0 aliphatic carbocycles. The fourth-order valence-corrected chi connectivity index (χ4v) is 3.44. The predicted molar refractivity (Wildman–Crippen MR) is 111 cm³/mol. The number of aryl methyl sites for hydroxylation is 2. The molecule has 0 atom stereocenters. The second-order valence-corrected chi connectivity index (χ2v) is 7.07. The third kappa shape index (κ3) is 3.87. The maximum absolute atomic E-state index is 12.6. The van der Waals surface area contributed by atoms with Gasteiger partial charge in [0.2, 0.25) is 5.95 Å². The molecule has 0 spiro atoms. The molecule has 150 valence electrons. The van der Waals surface area contributed by atoms with E-state index in [2.05, 4.69) is 29.1 Å². The molecule has 28 heavy (non-hydrogen) atoms. The van der Waals surface area contributed by atoms with Crippen molar-refractivity contribution in [2.24, 2.45) is 7.05 Å². The molecule has 1 aromatic carbocycles. The van der Waals surface area contributed by atoms with Crippen LogP contribution < -0.4 is 21.5 Å². The van der Waals surface area contributed by atoms with Gasteiger partial charge in [0.1, 0.15) is 0 Å². The zero-order chi connectivity index (χ0) is 20.3. The maximum Gasteiger partial charge on any atom is 0.329 e. The minimum absolute atomic E-state index is 0.389. The van der Waals surface area contributed by atoms with Crippen LogP contribution in [0.3, 0.4) is 0 Å². The van der Waals surface area contributed by atoms with Gasteiger partial charge in [-0.1, -0.05) is 24.3 Å². The molecule has 0 unspecified atom stereocenters. The Labute approximate surface area is 163 Å². The topological polar surface area (TPSA) is 89.2 Å². The molecule has 2 heterocycles. The van der Waals surface area contributed by atoms with Gasteiger partial charge in [-0.25, -0.2) is 4.79 Å². The highest BCUT2D eigenvalue weighted by Gasteiger charge is 2.18. The third-order valence-electron chi connectivity index (χ3n) is 5.36. The zero-order valence-electron chi connectivity index (χ0n) is 17.0. The first-order valence-corrected chi connectivity index (χ1v) is 9.77. The van der Waals surface area contributed by atoms with Gasteiger partial charge in [0.15, 0.2) is 11.2 Å². The Hall–Kier alpha value is -2.87. The van der Waals surface area contributed by atoms with E-state index < -0.39 is 11.2 Å². The highest BCUT2D eigenvalue weighted by molar-refractivity contribution is 5.74. The molecule has 3 aromatic rings. The van der Waals surface area contributed by atoms with E-state index in [9.17, 15) is 9.59 Å².